The van der Waals surface area contributed by atoms with Gasteiger partial charge in [0.25, 0.3) is 11.8 Å². The number of thiocarbonyl (C=S) groups is 1. The molecule has 30 heavy (non-hydrogen) atoms. The van der Waals surface area contributed by atoms with Gasteiger partial charge in [0.2, 0.25) is 0 Å². The Morgan fingerprint density at radius 1 is 0.933 bits per heavy atom. The Balaban J connectivity index is 1.87. The molecule has 0 radical (unpaired) electrons. The summed E-state index contributed by atoms with van der Waals surface area (Å²) >= 11 is 5.23. The molecule has 2 amide bonds. The van der Waals surface area contributed by atoms with Gasteiger partial charge in [0.05, 0.1) is 0 Å². The number of carbonyl (C=O) groups excluding carboxylic acids is 2. The molecule has 0 aliphatic rings. The van der Waals surface area contributed by atoms with Gasteiger partial charge in [0.1, 0.15) is 0 Å². The van der Waals surface area contributed by atoms with E-state index >= 15 is 0 Å². The molecule has 2 aromatic carbocycles. The van der Waals surface area contributed by atoms with Gasteiger partial charge in [-0.1, -0.05) is 32.9 Å². The van der Waals surface area contributed by atoms with Crippen LogP contribution in [0.15, 0.2) is 48.5 Å². The fourth-order valence-corrected chi connectivity index (χ4v) is 2.90. The van der Waals surface area contributed by atoms with Crippen LogP contribution in [0.2, 0.25) is 0 Å². The standard InChI is InChI=1S/C23H29N3O3S/c1-23(2,3)18-10-6-17(7-11-18)21(28)26-22(30)25-19-12-8-16(9-13-19)20(27)24-14-5-15-29-4/h6-13H,5,14-15H2,1-4H3,(H,24,27)(H2,25,26,28,30). The minimum atomic E-state index is -0.278. The first-order valence-electron chi connectivity index (χ1n) is 9.81. The molecular weight excluding hydrogens is 398 g/mol. The number of carbonyl (C=O) groups is 2. The number of rotatable bonds is 7. The number of methoxy groups -OCH3 is 1. The quantitative estimate of drug-likeness (QED) is 0.462. The van der Waals surface area contributed by atoms with Crippen LogP contribution >= 0.6 is 12.2 Å². The summed E-state index contributed by atoms with van der Waals surface area (Å²) in [6.45, 7) is 7.53. The zero-order chi connectivity index (χ0) is 22.1. The van der Waals surface area contributed by atoms with Crippen LogP contribution in [-0.2, 0) is 10.2 Å². The third kappa shape index (κ3) is 7.24. The van der Waals surface area contributed by atoms with Gasteiger partial charge >= 0.3 is 0 Å². The van der Waals surface area contributed by atoms with Gasteiger partial charge in [-0.05, 0) is 66.0 Å². The Bertz CT molecular complexity index is 872. The molecule has 3 N–H and O–H groups in total. The highest BCUT2D eigenvalue weighted by molar-refractivity contribution is 7.80. The lowest BCUT2D eigenvalue weighted by atomic mass is 9.87. The summed E-state index contributed by atoms with van der Waals surface area (Å²) in [4.78, 5) is 24.5. The maximum atomic E-state index is 12.4. The third-order valence-electron chi connectivity index (χ3n) is 4.46. The van der Waals surface area contributed by atoms with Crippen molar-refractivity contribution in [2.45, 2.75) is 32.6 Å². The lowest BCUT2D eigenvalue weighted by Crippen LogP contribution is -2.34. The predicted octanol–water partition coefficient (Wildman–Crippen LogP) is 3.88. The SMILES string of the molecule is COCCCNC(=O)c1ccc(NC(=S)NC(=O)c2ccc(C(C)(C)C)cc2)cc1. The van der Waals surface area contributed by atoms with Crippen molar-refractivity contribution in [2.75, 3.05) is 25.6 Å². The summed E-state index contributed by atoms with van der Waals surface area (Å²) in [5, 5.41) is 8.65. The molecule has 0 atom stereocenters. The van der Waals surface area contributed by atoms with Crippen molar-refractivity contribution < 1.29 is 14.3 Å². The number of hydrogen-bond acceptors (Lipinski definition) is 4. The fraction of sp³-hybridized carbons (Fsp3) is 0.348. The molecule has 0 spiro atoms. The highest BCUT2D eigenvalue weighted by atomic mass is 32.1. The van der Waals surface area contributed by atoms with Gasteiger partial charge in [-0.3, -0.25) is 14.9 Å². The molecule has 0 saturated carbocycles. The Kier molecular flexibility index (Phi) is 8.50. The van der Waals surface area contributed by atoms with E-state index < -0.39 is 0 Å². The van der Waals surface area contributed by atoms with Crippen molar-refractivity contribution in [3.63, 3.8) is 0 Å². The van der Waals surface area contributed by atoms with E-state index in [0.29, 0.717) is 30.0 Å². The number of amides is 2. The zero-order valence-electron chi connectivity index (χ0n) is 17.9. The van der Waals surface area contributed by atoms with E-state index in [1.165, 1.54) is 0 Å². The normalized spacial score (nSPS) is 10.9. The molecule has 0 saturated heterocycles. The molecule has 0 bridgehead atoms. The second-order valence-corrected chi connectivity index (χ2v) is 8.32. The van der Waals surface area contributed by atoms with Gasteiger partial charge in [0.15, 0.2) is 5.11 Å². The highest BCUT2D eigenvalue weighted by Gasteiger charge is 2.15. The average Bonchev–Trinajstić information content (AvgIpc) is 2.71. The van der Waals surface area contributed by atoms with Crippen molar-refractivity contribution in [3.05, 3.63) is 65.2 Å². The van der Waals surface area contributed by atoms with E-state index in [-0.39, 0.29) is 22.3 Å². The molecule has 7 heteroatoms. The molecule has 160 valence electrons. The molecule has 2 rings (SSSR count). The Morgan fingerprint density at radius 2 is 1.50 bits per heavy atom. The lowest BCUT2D eigenvalue weighted by Gasteiger charge is -2.19. The van der Waals surface area contributed by atoms with Crippen molar-refractivity contribution in [2.24, 2.45) is 0 Å². The summed E-state index contributed by atoms with van der Waals surface area (Å²) in [5.74, 6) is -0.424. The number of benzene rings is 2. The molecule has 0 aliphatic heterocycles. The summed E-state index contributed by atoms with van der Waals surface area (Å²) < 4.78 is 4.95. The van der Waals surface area contributed by atoms with Gasteiger partial charge in [0, 0.05) is 37.1 Å². The van der Waals surface area contributed by atoms with Crippen LogP contribution in [0, 0.1) is 0 Å². The van der Waals surface area contributed by atoms with Crippen LogP contribution in [0.3, 0.4) is 0 Å². The molecule has 0 aliphatic carbocycles. The van der Waals surface area contributed by atoms with Crippen molar-refractivity contribution in [3.8, 4) is 0 Å². The number of hydrogen-bond donors (Lipinski definition) is 3. The largest absolute Gasteiger partial charge is 0.385 e. The molecule has 0 unspecified atom stereocenters. The maximum Gasteiger partial charge on any atom is 0.257 e. The molecular formula is C23H29N3O3S. The predicted molar refractivity (Wildman–Crippen MR) is 124 cm³/mol. The van der Waals surface area contributed by atoms with Gasteiger partial charge in [-0.2, -0.15) is 0 Å². The molecule has 2 aromatic rings. The lowest BCUT2D eigenvalue weighted by molar-refractivity contribution is 0.0946. The van der Waals surface area contributed by atoms with Crippen LogP contribution in [0.4, 0.5) is 5.69 Å². The average molecular weight is 428 g/mol. The molecule has 0 fully saturated rings. The fourth-order valence-electron chi connectivity index (χ4n) is 2.68. The Hall–Kier alpha value is -2.77. The van der Waals surface area contributed by atoms with Crippen molar-refractivity contribution >= 4 is 34.8 Å². The van der Waals surface area contributed by atoms with Crippen LogP contribution in [-0.4, -0.2) is 37.2 Å². The zero-order valence-corrected chi connectivity index (χ0v) is 18.7. The van der Waals surface area contributed by atoms with E-state index in [4.69, 9.17) is 17.0 Å². The summed E-state index contributed by atoms with van der Waals surface area (Å²) in [5.41, 5.74) is 2.94. The summed E-state index contributed by atoms with van der Waals surface area (Å²) in [6, 6.07) is 14.3. The third-order valence-corrected chi connectivity index (χ3v) is 4.66. The van der Waals surface area contributed by atoms with E-state index in [1.807, 2.05) is 12.1 Å². The number of ether oxygens (including phenoxy) is 1. The van der Waals surface area contributed by atoms with Crippen molar-refractivity contribution in [1.82, 2.24) is 10.6 Å². The first kappa shape index (κ1) is 23.5. The van der Waals surface area contributed by atoms with E-state index in [9.17, 15) is 9.59 Å². The second kappa shape index (κ2) is 10.8. The van der Waals surface area contributed by atoms with Crippen LogP contribution in [0.5, 0.6) is 0 Å². The minimum Gasteiger partial charge on any atom is -0.385 e. The molecule has 0 heterocycles. The number of nitrogens with one attached hydrogen (secondary N) is 3. The van der Waals surface area contributed by atoms with Crippen LogP contribution in [0.25, 0.3) is 0 Å². The highest BCUT2D eigenvalue weighted by Crippen LogP contribution is 2.22. The molecule has 6 nitrogen and oxygen atoms in total. The van der Waals surface area contributed by atoms with Gasteiger partial charge < -0.3 is 15.4 Å². The minimum absolute atomic E-state index is 0.0266. The smallest absolute Gasteiger partial charge is 0.257 e. The summed E-state index contributed by atoms with van der Waals surface area (Å²) in [6.07, 6.45) is 0.759. The Labute approximate surface area is 183 Å². The van der Waals surface area contributed by atoms with Gasteiger partial charge in [-0.15, -0.1) is 0 Å². The summed E-state index contributed by atoms with van der Waals surface area (Å²) in [7, 11) is 1.63. The first-order valence-corrected chi connectivity index (χ1v) is 10.2. The van der Waals surface area contributed by atoms with Crippen molar-refractivity contribution in [1.29, 1.82) is 0 Å². The van der Waals surface area contributed by atoms with E-state index in [1.54, 1.807) is 43.5 Å². The van der Waals surface area contributed by atoms with E-state index in [2.05, 4.69) is 36.7 Å². The second-order valence-electron chi connectivity index (χ2n) is 7.92. The first-order chi connectivity index (χ1) is 14.2. The number of anilines is 1. The van der Waals surface area contributed by atoms with E-state index in [0.717, 1.165) is 12.0 Å². The Morgan fingerprint density at radius 3 is 2.07 bits per heavy atom. The molecule has 0 aromatic heterocycles. The van der Waals surface area contributed by atoms with Crippen LogP contribution < -0.4 is 16.0 Å². The monoisotopic (exact) mass is 427 g/mol. The topological polar surface area (TPSA) is 79.5 Å². The maximum absolute atomic E-state index is 12.4. The van der Waals surface area contributed by atoms with Crippen LogP contribution in [0.1, 0.15) is 53.5 Å². The van der Waals surface area contributed by atoms with Gasteiger partial charge in [-0.25, -0.2) is 0 Å².